The minimum Gasteiger partial charge on any atom is -0.489 e. The van der Waals surface area contributed by atoms with Crippen molar-refractivity contribution in [3.05, 3.63) is 89.0 Å². The number of carbonyl (C=O) groups is 1. The van der Waals surface area contributed by atoms with Crippen LogP contribution < -0.4 is 4.74 Å². The summed E-state index contributed by atoms with van der Waals surface area (Å²) < 4.78 is 49.5. The summed E-state index contributed by atoms with van der Waals surface area (Å²) in [7, 11) is 0. The summed E-state index contributed by atoms with van der Waals surface area (Å²) in [5, 5.41) is 9.31. The van der Waals surface area contributed by atoms with E-state index in [1.807, 2.05) is 24.3 Å². The molecule has 0 saturated heterocycles. The van der Waals surface area contributed by atoms with Crippen LogP contribution in [0.15, 0.2) is 66.7 Å². The van der Waals surface area contributed by atoms with Crippen molar-refractivity contribution in [3.63, 3.8) is 0 Å². The molecule has 160 valence electrons. The van der Waals surface area contributed by atoms with Crippen LogP contribution in [0.5, 0.6) is 5.75 Å². The maximum absolute atomic E-state index is 12.8. The van der Waals surface area contributed by atoms with Crippen molar-refractivity contribution in [1.82, 2.24) is 0 Å². The van der Waals surface area contributed by atoms with Crippen LogP contribution in [0.1, 0.15) is 28.2 Å². The van der Waals surface area contributed by atoms with Crippen LogP contribution in [0.4, 0.5) is 13.2 Å². The van der Waals surface area contributed by atoms with E-state index in [-0.39, 0.29) is 13.2 Å². The van der Waals surface area contributed by atoms with E-state index in [0.29, 0.717) is 17.9 Å². The molecule has 1 aliphatic heterocycles. The molecule has 0 spiro atoms. The van der Waals surface area contributed by atoms with Gasteiger partial charge in [0.25, 0.3) is 0 Å². The number of hydrogen-bond acceptors (Lipinski definition) is 3. The zero-order valence-electron chi connectivity index (χ0n) is 16.4. The second-order valence-corrected chi connectivity index (χ2v) is 7.33. The minimum atomic E-state index is -4.36. The molecular weight excluding hydrogens is 409 g/mol. The highest BCUT2D eigenvalue weighted by atomic mass is 19.4. The van der Waals surface area contributed by atoms with Crippen LogP contribution in [0.25, 0.3) is 11.1 Å². The van der Waals surface area contributed by atoms with Gasteiger partial charge in [0.2, 0.25) is 0 Å². The smallest absolute Gasteiger partial charge is 0.416 e. The van der Waals surface area contributed by atoms with Crippen molar-refractivity contribution >= 4 is 5.97 Å². The van der Waals surface area contributed by atoms with Gasteiger partial charge in [-0.05, 0) is 58.1 Å². The summed E-state index contributed by atoms with van der Waals surface area (Å²) in [6.07, 6.45) is -4.36. The third-order valence-corrected chi connectivity index (χ3v) is 5.21. The second kappa shape index (κ2) is 8.43. The number of benzene rings is 3. The van der Waals surface area contributed by atoms with E-state index in [2.05, 4.69) is 0 Å². The predicted octanol–water partition coefficient (Wildman–Crippen LogP) is 5.65. The molecular formula is C24H19F3O4. The third-order valence-electron chi connectivity index (χ3n) is 5.21. The highest BCUT2D eigenvalue weighted by molar-refractivity contribution is 5.77. The first-order valence-electron chi connectivity index (χ1n) is 9.64. The Balaban J connectivity index is 1.47. The number of carboxylic acid groups (broad SMARTS) is 1. The lowest BCUT2D eigenvalue weighted by Gasteiger charge is -2.23. The number of halogens is 3. The first-order valence-corrected chi connectivity index (χ1v) is 9.64. The number of alkyl halides is 3. The van der Waals surface area contributed by atoms with Crippen molar-refractivity contribution in [1.29, 1.82) is 0 Å². The van der Waals surface area contributed by atoms with E-state index in [0.717, 1.165) is 34.4 Å². The van der Waals surface area contributed by atoms with Crippen molar-refractivity contribution in [2.75, 3.05) is 6.61 Å². The molecule has 0 bridgehead atoms. The average molecular weight is 428 g/mol. The highest BCUT2D eigenvalue weighted by Gasteiger charge is 2.30. The van der Waals surface area contributed by atoms with Gasteiger partial charge in [-0.2, -0.15) is 13.2 Å². The predicted molar refractivity (Wildman–Crippen MR) is 108 cm³/mol. The second-order valence-electron chi connectivity index (χ2n) is 7.33. The van der Waals surface area contributed by atoms with Gasteiger partial charge in [-0.25, -0.2) is 0 Å². The van der Waals surface area contributed by atoms with Gasteiger partial charge >= 0.3 is 12.1 Å². The number of rotatable bonds is 5. The molecule has 3 aromatic rings. The molecule has 7 heteroatoms. The van der Waals surface area contributed by atoms with Gasteiger partial charge in [0.05, 0.1) is 18.8 Å². The van der Waals surface area contributed by atoms with E-state index in [1.165, 1.54) is 12.1 Å². The van der Waals surface area contributed by atoms with E-state index >= 15 is 0 Å². The minimum absolute atomic E-state index is 0.152. The molecule has 0 saturated carbocycles. The maximum atomic E-state index is 12.8. The van der Waals surface area contributed by atoms with Gasteiger partial charge in [-0.15, -0.1) is 0 Å². The molecule has 0 aliphatic carbocycles. The Kier molecular flexibility index (Phi) is 5.69. The molecule has 0 radical (unpaired) electrons. The first-order chi connectivity index (χ1) is 14.8. The zero-order valence-corrected chi connectivity index (χ0v) is 16.4. The van der Waals surface area contributed by atoms with Gasteiger partial charge in [0.15, 0.2) is 0 Å². The number of aliphatic carboxylic acids is 1. The van der Waals surface area contributed by atoms with Gasteiger partial charge in [-0.3, -0.25) is 4.79 Å². The Bertz CT molecular complexity index is 1090. The average Bonchev–Trinajstić information content (AvgIpc) is 2.76. The lowest BCUT2D eigenvalue weighted by atomic mass is 9.93. The maximum Gasteiger partial charge on any atom is 0.416 e. The van der Waals surface area contributed by atoms with Crippen molar-refractivity contribution in [2.24, 2.45) is 0 Å². The summed E-state index contributed by atoms with van der Waals surface area (Å²) in [6.45, 7) is 0.746. The van der Waals surface area contributed by atoms with Gasteiger partial charge in [0, 0.05) is 0 Å². The zero-order chi connectivity index (χ0) is 22.0. The quantitative estimate of drug-likeness (QED) is 0.571. The fraction of sp³-hybridized carbons (Fsp3) is 0.208. The standard InChI is InChI=1S/C24H19F3O4/c25-24(26,27)19-6-4-16(5-7-19)17-3-1-2-15(10-17)12-31-20-8-9-21-18(11-20)13-30-14-22(21)23(28)29/h1-11,22H,12-14H2,(H,28,29). The lowest BCUT2D eigenvalue weighted by Crippen LogP contribution is -2.23. The molecule has 4 rings (SSSR count). The molecule has 0 fully saturated rings. The number of carboxylic acids is 1. The monoisotopic (exact) mass is 428 g/mol. The fourth-order valence-corrected chi connectivity index (χ4v) is 3.58. The fourth-order valence-electron chi connectivity index (χ4n) is 3.58. The topological polar surface area (TPSA) is 55.8 Å². The van der Waals surface area contributed by atoms with E-state index < -0.39 is 23.6 Å². The Morgan fingerprint density at radius 2 is 1.81 bits per heavy atom. The van der Waals surface area contributed by atoms with Crippen LogP contribution in [0, 0.1) is 0 Å². The van der Waals surface area contributed by atoms with Gasteiger partial charge < -0.3 is 14.6 Å². The Morgan fingerprint density at radius 1 is 1.03 bits per heavy atom. The SMILES string of the molecule is O=C(O)C1COCc2cc(OCc3cccc(-c4ccc(C(F)(F)F)cc4)c3)ccc21. The normalized spacial score (nSPS) is 15.9. The van der Waals surface area contributed by atoms with Crippen LogP contribution in [0.2, 0.25) is 0 Å². The summed E-state index contributed by atoms with van der Waals surface area (Å²) >= 11 is 0. The molecule has 1 heterocycles. The summed E-state index contributed by atoms with van der Waals surface area (Å²) in [5.41, 5.74) is 3.16. The third kappa shape index (κ3) is 4.72. The van der Waals surface area contributed by atoms with Gasteiger partial charge in [0.1, 0.15) is 18.3 Å². The molecule has 1 unspecified atom stereocenters. The van der Waals surface area contributed by atoms with Crippen LogP contribution >= 0.6 is 0 Å². The first kappa shape index (κ1) is 20.9. The summed E-state index contributed by atoms with van der Waals surface area (Å²) in [6, 6.07) is 17.7. The summed E-state index contributed by atoms with van der Waals surface area (Å²) in [4.78, 5) is 11.4. The number of ether oxygens (including phenoxy) is 2. The van der Waals surface area contributed by atoms with E-state index in [1.54, 1.807) is 18.2 Å². The molecule has 1 N–H and O–H groups in total. The molecule has 31 heavy (non-hydrogen) atoms. The van der Waals surface area contributed by atoms with Crippen molar-refractivity contribution in [2.45, 2.75) is 25.3 Å². The number of hydrogen-bond donors (Lipinski definition) is 1. The molecule has 1 aliphatic rings. The van der Waals surface area contributed by atoms with Crippen LogP contribution in [-0.4, -0.2) is 17.7 Å². The van der Waals surface area contributed by atoms with Crippen molar-refractivity contribution < 1.29 is 32.5 Å². The van der Waals surface area contributed by atoms with Gasteiger partial charge in [-0.1, -0.05) is 36.4 Å². The molecule has 0 aromatic heterocycles. The largest absolute Gasteiger partial charge is 0.489 e. The number of fused-ring (bicyclic) bond motifs is 1. The summed E-state index contributed by atoms with van der Waals surface area (Å²) in [5.74, 6) is -1.01. The van der Waals surface area contributed by atoms with Crippen LogP contribution in [-0.2, 0) is 28.9 Å². The van der Waals surface area contributed by atoms with E-state index in [4.69, 9.17) is 9.47 Å². The van der Waals surface area contributed by atoms with Crippen LogP contribution in [0.3, 0.4) is 0 Å². The molecule has 0 amide bonds. The van der Waals surface area contributed by atoms with E-state index in [9.17, 15) is 23.1 Å². The molecule has 4 nitrogen and oxygen atoms in total. The Morgan fingerprint density at radius 3 is 2.52 bits per heavy atom. The Hall–Kier alpha value is -3.32. The molecule has 1 atom stereocenters. The highest BCUT2D eigenvalue weighted by Crippen LogP contribution is 2.32. The molecule has 3 aromatic carbocycles. The lowest BCUT2D eigenvalue weighted by molar-refractivity contribution is -0.141. The Labute approximate surface area is 176 Å². The van der Waals surface area contributed by atoms with Crippen molar-refractivity contribution in [3.8, 4) is 16.9 Å².